The first kappa shape index (κ1) is 14.7. The molecule has 0 saturated carbocycles. The van der Waals surface area contributed by atoms with Crippen molar-refractivity contribution in [1.29, 1.82) is 0 Å². The number of anilines is 2. The van der Waals surface area contributed by atoms with E-state index in [-0.39, 0.29) is 0 Å². The third-order valence-electron chi connectivity index (χ3n) is 2.85. The van der Waals surface area contributed by atoms with E-state index >= 15 is 0 Å². The first-order chi connectivity index (χ1) is 9.62. The third-order valence-corrected chi connectivity index (χ3v) is 4.01. The summed E-state index contributed by atoms with van der Waals surface area (Å²) in [5.74, 6) is 7.28. The summed E-state index contributed by atoms with van der Waals surface area (Å²) >= 11 is 1.79. The van der Waals surface area contributed by atoms with E-state index in [0.29, 0.717) is 18.2 Å². The number of methoxy groups -OCH3 is 1. The summed E-state index contributed by atoms with van der Waals surface area (Å²) in [5, 5.41) is 3.28. The number of aryl methyl sites for hydroxylation is 2. The number of nitrogen functional groups attached to an aromatic ring is 1. The lowest BCUT2D eigenvalue weighted by molar-refractivity contribution is 0.178. The summed E-state index contributed by atoms with van der Waals surface area (Å²) in [7, 11) is 1.61. The van der Waals surface area contributed by atoms with E-state index in [4.69, 9.17) is 10.6 Å². The Balaban J connectivity index is 2.09. The monoisotopic (exact) mass is 293 g/mol. The van der Waals surface area contributed by atoms with Crippen LogP contribution in [0.5, 0.6) is 0 Å². The minimum atomic E-state index is 0.349. The van der Waals surface area contributed by atoms with Crippen LogP contribution in [0, 0.1) is 13.8 Å². The maximum atomic E-state index is 5.41. The van der Waals surface area contributed by atoms with Gasteiger partial charge in [-0.3, -0.25) is 0 Å². The second-order valence-electron chi connectivity index (χ2n) is 4.44. The molecule has 0 spiro atoms. The summed E-state index contributed by atoms with van der Waals surface area (Å²) in [5.41, 5.74) is 3.85. The molecular weight excluding hydrogens is 274 g/mol. The van der Waals surface area contributed by atoms with Crippen LogP contribution in [0.4, 0.5) is 11.6 Å². The van der Waals surface area contributed by atoms with Gasteiger partial charge in [-0.1, -0.05) is 0 Å². The molecule has 7 heteroatoms. The quantitative estimate of drug-likeness (QED) is 0.559. The first-order valence-electron chi connectivity index (χ1n) is 6.25. The third kappa shape index (κ3) is 3.66. The molecule has 0 bridgehead atoms. The lowest BCUT2D eigenvalue weighted by atomic mass is 10.3. The van der Waals surface area contributed by atoms with E-state index in [1.165, 1.54) is 15.3 Å². The van der Waals surface area contributed by atoms with Crippen LogP contribution in [0.2, 0.25) is 0 Å². The highest BCUT2D eigenvalue weighted by atomic mass is 32.1. The highest BCUT2D eigenvalue weighted by Crippen LogP contribution is 2.21. The lowest BCUT2D eigenvalue weighted by Crippen LogP contribution is -2.12. The molecule has 6 nitrogen and oxygen atoms in total. The molecule has 2 aromatic rings. The average molecular weight is 293 g/mol. The fourth-order valence-corrected chi connectivity index (χ4v) is 2.76. The minimum Gasteiger partial charge on any atom is -0.377 e. The van der Waals surface area contributed by atoms with Gasteiger partial charge in [0.25, 0.3) is 0 Å². The zero-order valence-electron chi connectivity index (χ0n) is 11.9. The molecule has 0 unspecified atom stereocenters. The number of hydrazine groups is 1. The standard InChI is InChI=1S/C13H19N5OS/c1-8-4-10(20-9(8)2)6-15-11-5-12(18-14)17-13(16-11)7-19-3/h4-5H,6-7,14H2,1-3H3,(H2,15,16,17,18). The molecule has 0 fully saturated rings. The summed E-state index contributed by atoms with van der Waals surface area (Å²) in [6.07, 6.45) is 0. The van der Waals surface area contributed by atoms with Gasteiger partial charge < -0.3 is 15.5 Å². The molecule has 0 amide bonds. The van der Waals surface area contributed by atoms with Crippen molar-refractivity contribution < 1.29 is 4.74 Å². The van der Waals surface area contributed by atoms with Gasteiger partial charge in [0.15, 0.2) is 5.82 Å². The summed E-state index contributed by atoms with van der Waals surface area (Å²) in [4.78, 5) is 11.2. The van der Waals surface area contributed by atoms with Crippen molar-refractivity contribution in [2.24, 2.45) is 5.84 Å². The zero-order chi connectivity index (χ0) is 14.5. The maximum Gasteiger partial charge on any atom is 0.158 e. The fraction of sp³-hybridized carbons (Fsp3) is 0.385. The minimum absolute atomic E-state index is 0.349. The molecule has 2 heterocycles. The topological polar surface area (TPSA) is 85.1 Å². The predicted molar refractivity (Wildman–Crippen MR) is 81.7 cm³/mol. The summed E-state index contributed by atoms with van der Waals surface area (Å²) in [6.45, 7) is 5.32. The summed E-state index contributed by atoms with van der Waals surface area (Å²) < 4.78 is 5.04. The first-order valence-corrected chi connectivity index (χ1v) is 7.07. The van der Waals surface area contributed by atoms with Crippen molar-refractivity contribution in [3.8, 4) is 0 Å². The normalized spacial score (nSPS) is 10.6. The Morgan fingerprint density at radius 3 is 2.60 bits per heavy atom. The SMILES string of the molecule is COCc1nc(NN)cc(NCc2cc(C)c(C)s2)n1. The van der Waals surface area contributed by atoms with Crippen LogP contribution < -0.4 is 16.6 Å². The van der Waals surface area contributed by atoms with Crippen LogP contribution in [-0.2, 0) is 17.9 Å². The van der Waals surface area contributed by atoms with Gasteiger partial charge in [0, 0.05) is 22.9 Å². The molecule has 0 aliphatic rings. The molecule has 0 aliphatic carbocycles. The largest absolute Gasteiger partial charge is 0.377 e. The van der Waals surface area contributed by atoms with Crippen molar-refractivity contribution in [3.05, 3.63) is 33.3 Å². The molecule has 0 atom stereocenters. The average Bonchev–Trinajstić information content (AvgIpc) is 2.76. The molecule has 4 N–H and O–H groups in total. The van der Waals surface area contributed by atoms with E-state index in [1.807, 2.05) is 0 Å². The van der Waals surface area contributed by atoms with Crippen LogP contribution in [0.25, 0.3) is 0 Å². The van der Waals surface area contributed by atoms with Crippen LogP contribution in [0.3, 0.4) is 0 Å². The molecule has 2 aromatic heterocycles. The van der Waals surface area contributed by atoms with Crippen LogP contribution >= 0.6 is 11.3 Å². The van der Waals surface area contributed by atoms with Crippen molar-refractivity contribution in [2.75, 3.05) is 17.9 Å². The fourth-order valence-electron chi connectivity index (χ4n) is 1.77. The highest BCUT2D eigenvalue weighted by Gasteiger charge is 2.05. The van der Waals surface area contributed by atoms with Gasteiger partial charge in [-0.25, -0.2) is 15.8 Å². The van der Waals surface area contributed by atoms with Gasteiger partial charge in [-0.05, 0) is 25.5 Å². The van der Waals surface area contributed by atoms with Crippen LogP contribution in [0.15, 0.2) is 12.1 Å². The van der Waals surface area contributed by atoms with E-state index < -0.39 is 0 Å². The maximum absolute atomic E-state index is 5.41. The molecule has 108 valence electrons. The number of ether oxygens (including phenoxy) is 1. The van der Waals surface area contributed by atoms with Crippen LogP contribution in [0.1, 0.15) is 21.1 Å². The van der Waals surface area contributed by atoms with Gasteiger partial charge >= 0.3 is 0 Å². The Hall–Kier alpha value is -1.70. The predicted octanol–water partition coefficient (Wildman–Crippen LogP) is 2.20. The second-order valence-corrected chi connectivity index (χ2v) is 5.78. The van der Waals surface area contributed by atoms with Crippen LogP contribution in [-0.4, -0.2) is 17.1 Å². The Morgan fingerprint density at radius 1 is 1.25 bits per heavy atom. The number of hydrogen-bond donors (Lipinski definition) is 3. The molecular formula is C13H19N5OS. The number of rotatable bonds is 6. The number of thiophene rings is 1. The Bertz CT molecular complexity index is 565. The van der Waals surface area contributed by atoms with Crippen molar-refractivity contribution in [2.45, 2.75) is 27.0 Å². The molecule has 2 rings (SSSR count). The van der Waals surface area contributed by atoms with E-state index in [9.17, 15) is 0 Å². The van der Waals surface area contributed by atoms with Gasteiger partial charge in [0.1, 0.15) is 18.2 Å². The van der Waals surface area contributed by atoms with E-state index in [1.54, 1.807) is 24.5 Å². The molecule has 0 radical (unpaired) electrons. The number of aromatic nitrogens is 2. The molecule has 0 aliphatic heterocycles. The van der Waals surface area contributed by atoms with E-state index in [2.05, 4.69) is 40.6 Å². The smallest absolute Gasteiger partial charge is 0.158 e. The summed E-state index contributed by atoms with van der Waals surface area (Å²) in [6, 6.07) is 3.96. The Morgan fingerprint density at radius 2 is 2.00 bits per heavy atom. The Kier molecular flexibility index (Phi) is 4.89. The van der Waals surface area contributed by atoms with E-state index in [0.717, 1.165) is 12.4 Å². The van der Waals surface area contributed by atoms with Gasteiger partial charge in [0.05, 0.1) is 6.54 Å². The second kappa shape index (κ2) is 6.65. The molecule has 0 saturated heterocycles. The van der Waals surface area contributed by atoms with Gasteiger partial charge in [0.2, 0.25) is 0 Å². The number of nitrogens with one attached hydrogen (secondary N) is 2. The Labute approximate surface area is 122 Å². The van der Waals surface area contributed by atoms with Crippen molar-refractivity contribution in [3.63, 3.8) is 0 Å². The molecule has 20 heavy (non-hydrogen) atoms. The number of hydrogen-bond acceptors (Lipinski definition) is 7. The molecule has 0 aromatic carbocycles. The lowest BCUT2D eigenvalue weighted by Gasteiger charge is -2.08. The number of nitrogens with zero attached hydrogens (tertiary/aromatic N) is 2. The van der Waals surface area contributed by atoms with Crippen molar-refractivity contribution >= 4 is 23.0 Å². The van der Waals surface area contributed by atoms with Crippen molar-refractivity contribution in [1.82, 2.24) is 9.97 Å². The highest BCUT2D eigenvalue weighted by molar-refractivity contribution is 7.12. The van der Waals surface area contributed by atoms with Gasteiger partial charge in [-0.15, -0.1) is 11.3 Å². The zero-order valence-corrected chi connectivity index (χ0v) is 12.7. The number of nitrogens with two attached hydrogens (primary N) is 1. The van der Waals surface area contributed by atoms with Gasteiger partial charge in [-0.2, -0.15) is 0 Å².